The molecule has 10 heteroatoms. The van der Waals surface area contributed by atoms with Crippen LogP contribution in [0.15, 0.2) is 14.9 Å². The standard InChI is InChI=1S/C14H16BrN3O4S2/c1-5-23-14-18-17-13(24-14)16-12(19)7-6-8(20-2)10(21-3)11(22-4)9(7)15/h6H,5H2,1-4H3,(H,16,17,19). The zero-order valence-corrected chi connectivity index (χ0v) is 16.7. The number of carbonyl (C=O) groups is 1. The number of thioether (sulfide) groups is 1. The number of carbonyl (C=O) groups excluding carboxylic acids is 1. The van der Waals surface area contributed by atoms with Crippen LogP contribution in [-0.2, 0) is 0 Å². The highest BCUT2D eigenvalue weighted by Gasteiger charge is 2.23. The van der Waals surface area contributed by atoms with Gasteiger partial charge in [-0.1, -0.05) is 30.0 Å². The number of benzene rings is 1. The van der Waals surface area contributed by atoms with Crippen LogP contribution in [-0.4, -0.2) is 43.2 Å². The Morgan fingerprint density at radius 1 is 1.25 bits per heavy atom. The summed E-state index contributed by atoms with van der Waals surface area (Å²) >= 11 is 6.27. The van der Waals surface area contributed by atoms with E-state index in [4.69, 9.17) is 14.2 Å². The Morgan fingerprint density at radius 3 is 2.54 bits per heavy atom. The molecule has 7 nitrogen and oxygen atoms in total. The van der Waals surface area contributed by atoms with Crippen LogP contribution < -0.4 is 19.5 Å². The first kappa shape index (κ1) is 18.8. The highest BCUT2D eigenvalue weighted by atomic mass is 79.9. The summed E-state index contributed by atoms with van der Waals surface area (Å²) in [5.41, 5.74) is 0.337. The Labute approximate surface area is 156 Å². The third-order valence-corrected chi connectivity index (χ3v) is 5.55. The number of nitrogens with zero attached hydrogens (tertiary/aromatic N) is 2. The molecule has 0 atom stereocenters. The van der Waals surface area contributed by atoms with Crippen molar-refractivity contribution in [1.29, 1.82) is 0 Å². The lowest BCUT2D eigenvalue weighted by Gasteiger charge is -2.16. The summed E-state index contributed by atoms with van der Waals surface area (Å²) in [6.07, 6.45) is 0. The number of anilines is 1. The molecule has 0 radical (unpaired) electrons. The fraction of sp³-hybridized carbons (Fsp3) is 0.357. The zero-order valence-electron chi connectivity index (χ0n) is 13.5. The van der Waals surface area contributed by atoms with Crippen molar-refractivity contribution in [3.63, 3.8) is 0 Å². The monoisotopic (exact) mass is 433 g/mol. The van der Waals surface area contributed by atoms with Gasteiger partial charge in [-0.05, 0) is 27.7 Å². The normalized spacial score (nSPS) is 10.4. The summed E-state index contributed by atoms with van der Waals surface area (Å²) in [5.74, 6) is 1.70. The van der Waals surface area contributed by atoms with Crippen molar-refractivity contribution in [1.82, 2.24) is 10.2 Å². The first-order chi connectivity index (χ1) is 11.5. The summed E-state index contributed by atoms with van der Waals surface area (Å²) in [6.45, 7) is 2.03. The molecular formula is C14H16BrN3O4S2. The van der Waals surface area contributed by atoms with E-state index >= 15 is 0 Å². The SMILES string of the molecule is CCSc1nnc(NC(=O)c2cc(OC)c(OC)c(OC)c2Br)s1. The van der Waals surface area contributed by atoms with Crippen LogP contribution in [0.3, 0.4) is 0 Å². The number of halogens is 1. The molecule has 0 unspecified atom stereocenters. The molecule has 1 heterocycles. The topological polar surface area (TPSA) is 82.6 Å². The number of aromatic nitrogens is 2. The summed E-state index contributed by atoms with van der Waals surface area (Å²) < 4.78 is 17.2. The molecule has 1 N–H and O–H groups in total. The second-order valence-corrected chi connectivity index (χ2v) is 7.55. The molecule has 0 saturated carbocycles. The van der Waals surface area contributed by atoms with E-state index < -0.39 is 0 Å². The number of nitrogens with one attached hydrogen (secondary N) is 1. The van der Waals surface area contributed by atoms with Gasteiger partial charge in [-0.3, -0.25) is 10.1 Å². The minimum absolute atomic E-state index is 0.337. The fourth-order valence-electron chi connectivity index (χ4n) is 1.89. The minimum Gasteiger partial charge on any atom is -0.493 e. The van der Waals surface area contributed by atoms with E-state index in [1.807, 2.05) is 6.92 Å². The molecule has 1 aromatic heterocycles. The molecule has 130 valence electrons. The van der Waals surface area contributed by atoms with Crippen molar-refractivity contribution in [3.8, 4) is 17.2 Å². The number of amides is 1. The number of hydrogen-bond acceptors (Lipinski definition) is 8. The van der Waals surface area contributed by atoms with Crippen molar-refractivity contribution < 1.29 is 19.0 Å². The van der Waals surface area contributed by atoms with Gasteiger partial charge in [0.1, 0.15) is 0 Å². The Kier molecular flexibility index (Phi) is 6.69. The average molecular weight is 434 g/mol. The summed E-state index contributed by atoms with van der Waals surface area (Å²) in [5, 5.41) is 11.1. The first-order valence-electron chi connectivity index (χ1n) is 6.81. The van der Waals surface area contributed by atoms with Crippen molar-refractivity contribution in [2.45, 2.75) is 11.3 Å². The predicted octanol–water partition coefficient (Wildman–Crippen LogP) is 3.69. The number of hydrogen-bond donors (Lipinski definition) is 1. The summed E-state index contributed by atoms with van der Waals surface area (Å²) in [7, 11) is 4.48. The lowest BCUT2D eigenvalue weighted by atomic mass is 10.1. The van der Waals surface area contributed by atoms with E-state index in [1.165, 1.54) is 32.7 Å². The number of rotatable bonds is 7. The van der Waals surface area contributed by atoms with Gasteiger partial charge in [0.05, 0.1) is 31.4 Å². The summed E-state index contributed by atoms with van der Waals surface area (Å²) in [6, 6.07) is 1.57. The molecular weight excluding hydrogens is 418 g/mol. The molecule has 0 spiro atoms. The van der Waals surface area contributed by atoms with Crippen LogP contribution in [0.1, 0.15) is 17.3 Å². The maximum absolute atomic E-state index is 12.6. The summed E-state index contributed by atoms with van der Waals surface area (Å²) in [4.78, 5) is 12.6. The van der Waals surface area contributed by atoms with E-state index in [2.05, 4.69) is 31.4 Å². The average Bonchev–Trinajstić information content (AvgIpc) is 3.01. The lowest BCUT2D eigenvalue weighted by Crippen LogP contribution is -2.13. The molecule has 0 aliphatic carbocycles. The molecule has 0 aliphatic heterocycles. The second-order valence-electron chi connectivity index (χ2n) is 4.27. The Hall–Kier alpha value is -1.52. The smallest absolute Gasteiger partial charge is 0.258 e. The minimum atomic E-state index is -0.356. The zero-order chi connectivity index (χ0) is 17.7. The van der Waals surface area contributed by atoms with Gasteiger partial charge in [0, 0.05) is 0 Å². The van der Waals surface area contributed by atoms with E-state index in [-0.39, 0.29) is 5.91 Å². The van der Waals surface area contributed by atoms with Gasteiger partial charge in [0.25, 0.3) is 5.91 Å². The van der Waals surface area contributed by atoms with Crippen LogP contribution in [0.5, 0.6) is 17.2 Å². The van der Waals surface area contributed by atoms with Gasteiger partial charge < -0.3 is 14.2 Å². The van der Waals surface area contributed by atoms with E-state index in [0.717, 1.165) is 10.1 Å². The Morgan fingerprint density at radius 2 is 1.96 bits per heavy atom. The molecule has 1 aromatic carbocycles. The number of ether oxygens (including phenoxy) is 3. The second kappa shape index (κ2) is 8.54. The van der Waals surface area contributed by atoms with E-state index in [0.29, 0.717) is 32.4 Å². The highest BCUT2D eigenvalue weighted by Crippen LogP contribution is 2.44. The van der Waals surface area contributed by atoms with Gasteiger partial charge >= 0.3 is 0 Å². The molecule has 24 heavy (non-hydrogen) atoms. The predicted molar refractivity (Wildman–Crippen MR) is 98.1 cm³/mol. The largest absolute Gasteiger partial charge is 0.493 e. The van der Waals surface area contributed by atoms with E-state index in [1.54, 1.807) is 17.8 Å². The molecule has 1 amide bonds. The molecule has 0 aliphatic rings. The molecule has 2 aromatic rings. The van der Waals surface area contributed by atoms with Gasteiger partial charge in [0.15, 0.2) is 15.8 Å². The Bertz CT molecular complexity index is 739. The number of methoxy groups -OCH3 is 3. The third kappa shape index (κ3) is 3.93. The lowest BCUT2D eigenvalue weighted by molar-refractivity contribution is 0.102. The highest BCUT2D eigenvalue weighted by molar-refractivity contribution is 9.10. The quantitative estimate of drug-likeness (QED) is 0.526. The van der Waals surface area contributed by atoms with Crippen LogP contribution in [0.2, 0.25) is 0 Å². The first-order valence-corrected chi connectivity index (χ1v) is 9.41. The molecule has 0 bridgehead atoms. The van der Waals surface area contributed by atoms with Gasteiger partial charge in [-0.2, -0.15) is 0 Å². The van der Waals surface area contributed by atoms with Crippen LogP contribution in [0, 0.1) is 0 Å². The van der Waals surface area contributed by atoms with Crippen LogP contribution in [0.4, 0.5) is 5.13 Å². The van der Waals surface area contributed by atoms with Crippen molar-refractivity contribution >= 4 is 50.1 Å². The van der Waals surface area contributed by atoms with Crippen molar-refractivity contribution in [3.05, 3.63) is 16.1 Å². The van der Waals surface area contributed by atoms with Gasteiger partial charge in [0.2, 0.25) is 10.9 Å². The molecule has 2 rings (SSSR count). The fourth-order valence-corrected chi connectivity index (χ4v) is 4.17. The third-order valence-electron chi connectivity index (χ3n) is 2.91. The molecule has 0 fully saturated rings. The van der Waals surface area contributed by atoms with Gasteiger partial charge in [-0.25, -0.2) is 0 Å². The van der Waals surface area contributed by atoms with Crippen molar-refractivity contribution in [2.75, 3.05) is 32.4 Å². The maximum atomic E-state index is 12.6. The van der Waals surface area contributed by atoms with Crippen LogP contribution >= 0.6 is 39.0 Å². The van der Waals surface area contributed by atoms with Crippen LogP contribution in [0.25, 0.3) is 0 Å². The molecule has 0 saturated heterocycles. The van der Waals surface area contributed by atoms with Crippen molar-refractivity contribution in [2.24, 2.45) is 0 Å². The van der Waals surface area contributed by atoms with Gasteiger partial charge in [-0.15, -0.1) is 10.2 Å². The van der Waals surface area contributed by atoms with E-state index in [9.17, 15) is 4.79 Å². The maximum Gasteiger partial charge on any atom is 0.258 e. The Balaban J connectivity index is 2.34.